The van der Waals surface area contributed by atoms with Crippen molar-refractivity contribution in [1.29, 1.82) is 0 Å². The molecule has 0 saturated carbocycles. The molecule has 0 spiro atoms. The van der Waals surface area contributed by atoms with Gasteiger partial charge in [0.15, 0.2) is 0 Å². The second kappa shape index (κ2) is 6.16. The molecular formula is C11H12Br2N2O2. The molecule has 1 unspecified atom stereocenters. The molecule has 92 valence electrons. The Morgan fingerprint density at radius 3 is 2.65 bits per heavy atom. The lowest BCUT2D eigenvalue weighted by molar-refractivity contribution is -0.118. The molecule has 1 atom stereocenters. The van der Waals surface area contributed by atoms with E-state index >= 15 is 0 Å². The van der Waals surface area contributed by atoms with E-state index in [1.165, 1.54) is 0 Å². The Kier molecular flexibility index (Phi) is 5.14. The topological polar surface area (TPSA) is 72.2 Å². The lowest BCUT2D eigenvalue weighted by Gasteiger charge is -2.13. The zero-order valence-electron chi connectivity index (χ0n) is 9.17. The highest BCUT2D eigenvalue weighted by molar-refractivity contribution is 9.11. The molecule has 0 bridgehead atoms. The molecule has 0 aliphatic heterocycles. The van der Waals surface area contributed by atoms with Gasteiger partial charge in [0.2, 0.25) is 5.91 Å². The van der Waals surface area contributed by atoms with Crippen molar-refractivity contribution in [2.45, 2.75) is 19.4 Å². The van der Waals surface area contributed by atoms with E-state index in [2.05, 4.69) is 37.2 Å². The first-order valence-electron chi connectivity index (χ1n) is 4.94. The number of rotatable bonds is 4. The van der Waals surface area contributed by atoms with Gasteiger partial charge in [-0.15, -0.1) is 0 Å². The molecule has 4 nitrogen and oxygen atoms in total. The van der Waals surface area contributed by atoms with Crippen molar-refractivity contribution in [2.75, 3.05) is 0 Å². The number of nitrogens with one attached hydrogen (secondary N) is 1. The summed E-state index contributed by atoms with van der Waals surface area (Å²) in [7, 11) is 0. The fourth-order valence-electron chi connectivity index (χ4n) is 1.33. The summed E-state index contributed by atoms with van der Waals surface area (Å²) in [6.45, 7) is 1.73. The van der Waals surface area contributed by atoms with Gasteiger partial charge in [-0.3, -0.25) is 9.59 Å². The van der Waals surface area contributed by atoms with Gasteiger partial charge >= 0.3 is 0 Å². The fourth-order valence-corrected chi connectivity index (χ4v) is 2.11. The van der Waals surface area contributed by atoms with E-state index in [0.717, 1.165) is 4.47 Å². The second-order valence-electron chi connectivity index (χ2n) is 3.67. The monoisotopic (exact) mass is 362 g/mol. The van der Waals surface area contributed by atoms with Crippen LogP contribution in [0, 0.1) is 0 Å². The summed E-state index contributed by atoms with van der Waals surface area (Å²) in [4.78, 5) is 22.6. The Morgan fingerprint density at radius 1 is 1.41 bits per heavy atom. The number of halogens is 2. The number of amides is 2. The van der Waals surface area contributed by atoms with Crippen molar-refractivity contribution in [3.8, 4) is 0 Å². The first-order valence-corrected chi connectivity index (χ1v) is 6.53. The molecule has 0 radical (unpaired) electrons. The smallest absolute Gasteiger partial charge is 0.252 e. The Balaban J connectivity index is 2.76. The van der Waals surface area contributed by atoms with Crippen LogP contribution in [0.5, 0.6) is 0 Å². The molecule has 0 aromatic heterocycles. The van der Waals surface area contributed by atoms with Crippen molar-refractivity contribution in [3.63, 3.8) is 0 Å². The van der Waals surface area contributed by atoms with Gasteiger partial charge in [0.25, 0.3) is 5.91 Å². The van der Waals surface area contributed by atoms with E-state index in [-0.39, 0.29) is 18.4 Å². The summed E-state index contributed by atoms with van der Waals surface area (Å²) in [5.41, 5.74) is 5.56. The molecule has 1 aromatic carbocycles. The van der Waals surface area contributed by atoms with Crippen molar-refractivity contribution in [2.24, 2.45) is 5.73 Å². The summed E-state index contributed by atoms with van der Waals surface area (Å²) in [5, 5.41) is 2.70. The van der Waals surface area contributed by atoms with E-state index in [0.29, 0.717) is 10.0 Å². The summed E-state index contributed by atoms with van der Waals surface area (Å²) in [6, 6.07) is 5.02. The minimum absolute atomic E-state index is 0.122. The molecule has 3 N–H and O–H groups in total. The molecule has 6 heteroatoms. The zero-order valence-corrected chi connectivity index (χ0v) is 12.3. The lowest BCUT2D eigenvalue weighted by atomic mass is 10.1. The third-order valence-corrected chi connectivity index (χ3v) is 3.24. The molecule has 0 aliphatic carbocycles. The predicted molar refractivity (Wildman–Crippen MR) is 72.6 cm³/mol. The van der Waals surface area contributed by atoms with Crippen molar-refractivity contribution >= 4 is 43.7 Å². The van der Waals surface area contributed by atoms with Crippen LogP contribution in [0.3, 0.4) is 0 Å². The molecule has 2 amide bonds. The van der Waals surface area contributed by atoms with Gasteiger partial charge in [0.05, 0.1) is 5.56 Å². The quantitative estimate of drug-likeness (QED) is 0.860. The number of hydrogen-bond acceptors (Lipinski definition) is 2. The summed E-state index contributed by atoms with van der Waals surface area (Å²) < 4.78 is 1.51. The maximum absolute atomic E-state index is 11.9. The minimum Gasteiger partial charge on any atom is -0.370 e. The largest absolute Gasteiger partial charge is 0.370 e. The van der Waals surface area contributed by atoms with Crippen LogP contribution < -0.4 is 11.1 Å². The zero-order chi connectivity index (χ0) is 13.0. The van der Waals surface area contributed by atoms with Gasteiger partial charge in [-0.1, -0.05) is 15.9 Å². The van der Waals surface area contributed by atoms with Crippen LogP contribution in [0.15, 0.2) is 27.1 Å². The highest BCUT2D eigenvalue weighted by atomic mass is 79.9. The summed E-state index contributed by atoms with van der Waals surface area (Å²) in [6.07, 6.45) is 0.122. The molecular weight excluding hydrogens is 352 g/mol. The van der Waals surface area contributed by atoms with Gasteiger partial charge in [-0.2, -0.15) is 0 Å². The maximum atomic E-state index is 11.9. The van der Waals surface area contributed by atoms with Crippen LogP contribution in [-0.2, 0) is 4.79 Å². The SMILES string of the molecule is CC(CC(N)=O)NC(=O)c1cc(Br)ccc1Br. The Labute approximate surface area is 116 Å². The van der Waals surface area contributed by atoms with Gasteiger partial charge in [0, 0.05) is 21.4 Å². The minimum atomic E-state index is -0.439. The Morgan fingerprint density at radius 2 is 2.06 bits per heavy atom. The Hall–Kier alpha value is -0.880. The number of hydrogen-bond donors (Lipinski definition) is 2. The normalized spacial score (nSPS) is 11.9. The van der Waals surface area contributed by atoms with E-state index in [1.807, 2.05) is 6.07 Å². The van der Waals surface area contributed by atoms with Gasteiger partial charge in [-0.05, 0) is 41.1 Å². The second-order valence-corrected chi connectivity index (χ2v) is 5.44. The van der Waals surface area contributed by atoms with Crippen molar-refractivity contribution in [3.05, 3.63) is 32.7 Å². The number of nitrogens with two attached hydrogens (primary N) is 1. The van der Waals surface area contributed by atoms with Gasteiger partial charge in [-0.25, -0.2) is 0 Å². The van der Waals surface area contributed by atoms with Crippen molar-refractivity contribution in [1.82, 2.24) is 5.32 Å². The van der Waals surface area contributed by atoms with E-state index in [1.54, 1.807) is 19.1 Å². The van der Waals surface area contributed by atoms with Crippen LogP contribution in [0.25, 0.3) is 0 Å². The van der Waals surface area contributed by atoms with Crippen LogP contribution in [-0.4, -0.2) is 17.9 Å². The van der Waals surface area contributed by atoms with Crippen LogP contribution in [0.2, 0.25) is 0 Å². The van der Waals surface area contributed by atoms with Crippen LogP contribution in [0.4, 0.5) is 0 Å². The molecule has 1 rings (SSSR count). The number of carbonyl (C=O) groups excluding carboxylic acids is 2. The lowest BCUT2D eigenvalue weighted by Crippen LogP contribution is -2.35. The third-order valence-electron chi connectivity index (χ3n) is 2.06. The molecule has 0 aliphatic rings. The third kappa shape index (κ3) is 4.47. The van der Waals surface area contributed by atoms with E-state index in [4.69, 9.17) is 5.73 Å². The molecule has 0 saturated heterocycles. The van der Waals surface area contributed by atoms with E-state index < -0.39 is 5.91 Å². The average molecular weight is 364 g/mol. The fraction of sp³-hybridized carbons (Fsp3) is 0.273. The molecule has 0 fully saturated rings. The number of benzene rings is 1. The van der Waals surface area contributed by atoms with Gasteiger partial charge < -0.3 is 11.1 Å². The summed E-state index contributed by atoms with van der Waals surface area (Å²) in [5.74, 6) is -0.682. The highest BCUT2D eigenvalue weighted by Crippen LogP contribution is 2.21. The predicted octanol–water partition coefficient (Wildman–Crippen LogP) is 2.21. The molecule has 1 aromatic rings. The Bertz CT molecular complexity index is 449. The van der Waals surface area contributed by atoms with Crippen LogP contribution in [0.1, 0.15) is 23.7 Å². The first-order chi connectivity index (χ1) is 7.90. The molecule has 17 heavy (non-hydrogen) atoms. The van der Waals surface area contributed by atoms with E-state index in [9.17, 15) is 9.59 Å². The maximum Gasteiger partial charge on any atom is 0.252 e. The first kappa shape index (κ1) is 14.2. The number of primary amides is 1. The van der Waals surface area contributed by atoms with Crippen molar-refractivity contribution < 1.29 is 9.59 Å². The molecule has 0 heterocycles. The standard InChI is InChI=1S/C11H12Br2N2O2/c1-6(4-10(14)16)15-11(17)8-5-7(12)2-3-9(8)13/h2-3,5-6H,4H2,1H3,(H2,14,16)(H,15,17). The number of carbonyl (C=O) groups is 2. The van der Waals surface area contributed by atoms with Crippen LogP contribution >= 0.6 is 31.9 Å². The highest BCUT2D eigenvalue weighted by Gasteiger charge is 2.14. The summed E-state index contributed by atoms with van der Waals surface area (Å²) >= 11 is 6.59. The van der Waals surface area contributed by atoms with Gasteiger partial charge in [0.1, 0.15) is 0 Å². The average Bonchev–Trinajstić information content (AvgIpc) is 2.20.